The molecule has 0 radical (unpaired) electrons. The van der Waals surface area contributed by atoms with E-state index in [9.17, 15) is 19.8 Å². The van der Waals surface area contributed by atoms with E-state index in [0.717, 1.165) is 19.3 Å². The van der Waals surface area contributed by atoms with Gasteiger partial charge in [-0.3, -0.25) is 9.59 Å². The number of unbranched alkanes of at least 4 members (excludes halogenated alkanes) is 4. The molecule has 1 fully saturated rings. The summed E-state index contributed by atoms with van der Waals surface area (Å²) in [6.45, 7) is 6.30. The summed E-state index contributed by atoms with van der Waals surface area (Å²) in [4.78, 5) is 23.5. The molecule has 1 aliphatic rings. The highest BCUT2D eigenvalue weighted by Crippen LogP contribution is 2.50. The van der Waals surface area contributed by atoms with Crippen LogP contribution >= 0.6 is 0 Å². The average Bonchev–Trinajstić information content (AvgIpc) is 2.47. The third-order valence-electron chi connectivity index (χ3n) is 5.49. The zero-order chi connectivity index (χ0) is 17.5. The van der Waals surface area contributed by atoms with E-state index in [4.69, 9.17) is 0 Å². The number of carbonyl (C=O) groups is 2. The first-order valence-electron chi connectivity index (χ1n) is 9.29. The van der Waals surface area contributed by atoms with Crippen LogP contribution in [0.5, 0.6) is 0 Å². The minimum Gasteiger partial charge on any atom is -0.481 e. The van der Waals surface area contributed by atoms with E-state index in [1.165, 1.54) is 19.3 Å². The maximum absolute atomic E-state index is 12.1. The highest BCUT2D eigenvalue weighted by atomic mass is 16.4. The molecule has 23 heavy (non-hydrogen) atoms. The van der Waals surface area contributed by atoms with E-state index in [-0.39, 0.29) is 11.8 Å². The summed E-state index contributed by atoms with van der Waals surface area (Å²) in [6, 6.07) is 0. The second-order valence-corrected chi connectivity index (χ2v) is 7.77. The molecule has 0 amide bonds. The lowest BCUT2D eigenvalue weighted by atomic mass is 9.59. The Labute approximate surface area is 140 Å². The first-order chi connectivity index (χ1) is 10.8. The van der Waals surface area contributed by atoms with Crippen molar-refractivity contribution in [2.45, 2.75) is 85.0 Å². The van der Waals surface area contributed by atoms with E-state index < -0.39 is 17.4 Å². The highest BCUT2D eigenvalue weighted by Gasteiger charge is 2.50. The van der Waals surface area contributed by atoms with Gasteiger partial charge in [0.2, 0.25) is 0 Å². The lowest BCUT2D eigenvalue weighted by Crippen LogP contribution is -2.45. The Morgan fingerprint density at radius 2 is 1.78 bits per heavy atom. The summed E-state index contributed by atoms with van der Waals surface area (Å²) >= 11 is 0. The van der Waals surface area contributed by atoms with Crippen LogP contribution in [0.3, 0.4) is 0 Å². The first kappa shape index (κ1) is 20.0. The number of hydrogen-bond donors (Lipinski definition) is 2. The first-order valence-corrected chi connectivity index (χ1v) is 9.29. The summed E-state index contributed by atoms with van der Waals surface area (Å²) in [6.07, 6.45) is 8.80. The molecule has 3 atom stereocenters. The molecule has 0 spiro atoms. The predicted molar refractivity (Wildman–Crippen MR) is 91.4 cm³/mol. The highest BCUT2D eigenvalue weighted by molar-refractivity contribution is 5.76. The van der Waals surface area contributed by atoms with Gasteiger partial charge in [0.15, 0.2) is 0 Å². The standard InChI is InChI=1S/C19H34O4/c1-4-5-6-7-8-9-16-12-15(17(20)21)10-11-19(16,18(22)23)13-14(2)3/h14-16H,4-13H2,1-3H3,(H,20,21)(H,22,23). The zero-order valence-corrected chi connectivity index (χ0v) is 15.0. The number of aliphatic carboxylic acids is 2. The summed E-state index contributed by atoms with van der Waals surface area (Å²) in [7, 11) is 0. The van der Waals surface area contributed by atoms with Crippen molar-refractivity contribution in [3.05, 3.63) is 0 Å². The largest absolute Gasteiger partial charge is 0.481 e. The maximum Gasteiger partial charge on any atom is 0.309 e. The minimum atomic E-state index is -0.760. The van der Waals surface area contributed by atoms with Gasteiger partial charge in [0.1, 0.15) is 0 Å². The number of hydrogen-bond acceptors (Lipinski definition) is 2. The van der Waals surface area contributed by atoms with Crippen molar-refractivity contribution in [1.82, 2.24) is 0 Å². The lowest BCUT2D eigenvalue weighted by molar-refractivity contribution is -0.162. The van der Waals surface area contributed by atoms with Crippen LogP contribution in [0.4, 0.5) is 0 Å². The molecule has 1 aliphatic carbocycles. The zero-order valence-electron chi connectivity index (χ0n) is 15.0. The van der Waals surface area contributed by atoms with Crippen LogP contribution in [0.25, 0.3) is 0 Å². The summed E-state index contributed by atoms with van der Waals surface area (Å²) < 4.78 is 0. The van der Waals surface area contributed by atoms with E-state index in [2.05, 4.69) is 20.8 Å². The van der Waals surface area contributed by atoms with Gasteiger partial charge in [-0.05, 0) is 43.9 Å². The minimum absolute atomic E-state index is 0.00104. The van der Waals surface area contributed by atoms with Crippen LogP contribution in [-0.2, 0) is 9.59 Å². The summed E-state index contributed by atoms with van der Waals surface area (Å²) in [5, 5.41) is 19.3. The van der Waals surface area contributed by atoms with Crippen LogP contribution in [0, 0.1) is 23.2 Å². The van der Waals surface area contributed by atoms with Gasteiger partial charge in [-0.25, -0.2) is 0 Å². The second-order valence-electron chi connectivity index (χ2n) is 7.77. The van der Waals surface area contributed by atoms with Gasteiger partial charge >= 0.3 is 11.9 Å². The van der Waals surface area contributed by atoms with Crippen molar-refractivity contribution < 1.29 is 19.8 Å². The SMILES string of the molecule is CCCCCCCC1CC(C(=O)O)CCC1(CC(C)C)C(=O)O. The van der Waals surface area contributed by atoms with Gasteiger partial charge in [0, 0.05) is 0 Å². The molecule has 1 rings (SSSR count). The molecule has 0 aliphatic heterocycles. The van der Waals surface area contributed by atoms with E-state index in [0.29, 0.717) is 31.6 Å². The quantitative estimate of drug-likeness (QED) is 0.556. The van der Waals surface area contributed by atoms with E-state index in [1.54, 1.807) is 0 Å². The fraction of sp³-hybridized carbons (Fsp3) is 0.895. The average molecular weight is 326 g/mol. The Bertz CT molecular complexity index is 391. The van der Waals surface area contributed by atoms with Crippen LogP contribution in [-0.4, -0.2) is 22.2 Å². The Morgan fingerprint density at radius 1 is 1.13 bits per heavy atom. The van der Waals surface area contributed by atoms with Gasteiger partial charge in [0.25, 0.3) is 0 Å². The lowest BCUT2D eigenvalue weighted by Gasteiger charge is -2.44. The molecule has 1 saturated carbocycles. The molecular weight excluding hydrogens is 292 g/mol. The van der Waals surface area contributed by atoms with Crippen molar-refractivity contribution in [2.75, 3.05) is 0 Å². The van der Waals surface area contributed by atoms with Crippen molar-refractivity contribution in [3.63, 3.8) is 0 Å². The fourth-order valence-corrected chi connectivity index (χ4v) is 4.30. The van der Waals surface area contributed by atoms with Crippen molar-refractivity contribution in [1.29, 1.82) is 0 Å². The molecule has 0 aromatic heterocycles. The number of rotatable bonds is 10. The Balaban J connectivity index is 2.82. The van der Waals surface area contributed by atoms with Crippen LogP contribution in [0.2, 0.25) is 0 Å². The third-order valence-corrected chi connectivity index (χ3v) is 5.49. The molecular formula is C19H34O4. The van der Waals surface area contributed by atoms with Crippen molar-refractivity contribution in [3.8, 4) is 0 Å². The molecule has 2 N–H and O–H groups in total. The van der Waals surface area contributed by atoms with Crippen LogP contribution in [0.15, 0.2) is 0 Å². The van der Waals surface area contributed by atoms with Gasteiger partial charge in [-0.2, -0.15) is 0 Å². The van der Waals surface area contributed by atoms with Crippen LogP contribution in [0.1, 0.15) is 85.0 Å². The monoisotopic (exact) mass is 326 g/mol. The maximum atomic E-state index is 12.1. The molecule has 3 unspecified atom stereocenters. The molecule has 0 aromatic rings. The molecule has 134 valence electrons. The topological polar surface area (TPSA) is 74.6 Å². The van der Waals surface area contributed by atoms with Gasteiger partial charge < -0.3 is 10.2 Å². The molecule has 0 bridgehead atoms. The van der Waals surface area contributed by atoms with Gasteiger partial charge in [-0.1, -0.05) is 52.9 Å². The summed E-state index contributed by atoms with van der Waals surface area (Å²) in [5.74, 6) is -1.53. The van der Waals surface area contributed by atoms with Gasteiger partial charge in [0.05, 0.1) is 11.3 Å². The fourth-order valence-electron chi connectivity index (χ4n) is 4.30. The van der Waals surface area contributed by atoms with E-state index >= 15 is 0 Å². The Hall–Kier alpha value is -1.06. The summed E-state index contributed by atoms with van der Waals surface area (Å²) in [5.41, 5.74) is -0.717. The molecule has 4 heteroatoms. The number of carboxylic acid groups (broad SMARTS) is 2. The normalized spacial score (nSPS) is 28.0. The van der Waals surface area contributed by atoms with Crippen molar-refractivity contribution >= 4 is 11.9 Å². The molecule has 4 nitrogen and oxygen atoms in total. The number of carboxylic acids is 2. The van der Waals surface area contributed by atoms with Gasteiger partial charge in [-0.15, -0.1) is 0 Å². The predicted octanol–water partition coefficient (Wildman–Crippen LogP) is 4.96. The molecule has 0 heterocycles. The third kappa shape index (κ3) is 5.50. The smallest absolute Gasteiger partial charge is 0.309 e. The Morgan fingerprint density at radius 3 is 2.30 bits per heavy atom. The molecule has 0 saturated heterocycles. The van der Waals surface area contributed by atoms with E-state index in [1.807, 2.05) is 0 Å². The second kappa shape index (κ2) is 9.29. The molecule has 0 aromatic carbocycles. The van der Waals surface area contributed by atoms with Crippen molar-refractivity contribution in [2.24, 2.45) is 23.2 Å². The van der Waals surface area contributed by atoms with Crippen LogP contribution < -0.4 is 0 Å². The Kier molecular flexibility index (Phi) is 8.07.